The van der Waals surface area contributed by atoms with Crippen molar-refractivity contribution < 1.29 is 19.1 Å². The van der Waals surface area contributed by atoms with Crippen molar-refractivity contribution in [2.75, 3.05) is 31.3 Å². The summed E-state index contributed by atoms with van der Waals surface area (Å²) in [5.74, 6) is 2.78. The van der Waals surface area contributed by atoms with Gasteiger partial charge < -0.3 is 19.3 Å². The van der Waals surface area contributed by atoms with E-state index in [-0.39, 0.29) is 24.5 Å². The molecular formula is C21H26N2O4. The molecule has 3 heterocycles. The van der Waals surface area contributed by atoms with Gasteiger partial charge in [0.25, 0.3) is 0 Å². The Morgan fingerprint density at radius 2 is 1.81 bits per heavy atom. The minimum absolute atomic E-state index is 0.0137. The summed E-state index contributed by atoms with van der Waals surface area (Å²) in [6, 6.07) is 5.53. The van der Waals surface area contributed by atoms with Crippen molar-refractivity contribution >= 4 is 17.5 Å². The van der Waals surface area contributed by atoms with Crippen LogP contribution in [0.3, 0.4) is 0 Å². The van der Waals surface area contributed by atoms with Crippen molar-refractivity contribution in [1.82, 2.24) is 4.90 Å². The van der Waals surface area contributed by atoms with Crippen molar-refractivity contribution in [2.45, 2.75) is 38.5 Å². The number of amides is 2. The Labute approximate surface area is 159 Å². The van der Waals surface area contributed by atoms with Crippen molar-refractivity contribution in [3.05, 3.63) is 18.2 Å². The molecule has 0 spiro atoms. The summed E-state index contributed by atoms with van der Waals surface area (Å²) in [5, 5.41) is 0. The summed E-state index contributed by atoms with van der Waals surface area (Å²) in [6.45, 7) is 2.42. The van der Waals surface area contributed by atoms with E-state index in [4.69, 9.17) is 9.47 Å². The van der Waals surface area contributed by atoms with Gasteiger partial charge in [0.1, 0.15) is 0 Å². The second kappa shape index (κ2) is 6.73. The van der Waals surface area contributed by atoms with Crippen LogP contribution in [0, 0.1) is 17.8 Å². The van der Waals surface area contributed by atoms with Crippen LogP contribution in [0.25, 0.3) is 0 Å². The topological polar surface area (TPSA) is 59.1 Å². The quantitative estimate of drug-likeness (QED) is 0.803. The maximum Gasteiger partial charge on any atom is 0.231 e. The van der Waals surface area contributed by atoms with Gasteiger partial charge in [-0.15, -0.1) is 0 Å². The van der Waals surface area contributed by atoms with E-state index < -0.39 is 0 Å². The van der Waals surface area contributed by atoms with Crippen molar-refractivity contribution in [2.24, 2.45) is 17.8 Å². The van der Waals surface area contributed by atoms with Crippen molar-refractivity contribution in [3.63, 3.8) is 0 Å². The first-order chi connectivity index (χ1) is 13.2. The molecular weight excluding hydrogens is 344 g/mol. The Hall–Kier alpha value is -2.24. The van der Waals surface area contributed by atoms with Gasteiger partial charge in [-0.25, -0.2) is 0 Å². The summed E-state index contributed by atoms with van der Waals surface area (Å²) < 4.78 is 10.8. The monoisotopic (exact) mass is 370 g/mol. The Morgan fingerprint density at radius 1 is 1.00 bits per heavy atom. The van der Waals surface area contributed by atoms with Crippen LogP contribution >= 0.6 is 0 Å². The highest BCUT2D eigenvalue weighted by Gasteiger charge is 2.40. The van der Waals surface area contributed by atoms with E-state index in [0.717, 1.165) is 31.1 Å². The van der Waals surface area contributed by atoms with Crippen molar-refractivity contribution in [1.29, 1.82) is 0 Å². The molecule has 27 heavy (non-hydrogen) atoms. The Kier molecular flexibility index (Phi) is 4.21. The number of ether oxygens (including phenoxy) is 2. The molecule has 1 saturated carbocycles. The van der Waals surface area contributed by atoms with Gasteiger partial charge in [-0.3, -0.25) is 9.59 Å². The molecule has 0 bridgehead atoms. The lowest BCUT2D eigenvalue weighted by Crippen LogP contribution is -2.47. The summed E-state index contributed by atoms with van der Waals surface area (Å²) in [5.41, 5.74) is 0.783. The largest absolute Gasteiger partial charge is 0.454 e. The van der Waals surface area contributed by atoms with E-state index in [1.807, 2.05) is 23.1 Å². The lowest BCUT2D eigenvalue weighted by molar-refractivity contribution is -0.138. The number of anilines is 1. The normalized spacial score (nSPS) is 29.8. The van der Waals surface area contributed by atoms with E-state index in [9.17, 15) is 9.59 Å². The average Bonchev–Trinajstić information content (AvgIpc) is 3.32. The average molecular weight is 370 g/mol. The number of carbonyl (C=O) groups is 2. The molecule has 6 nitrogen and oxygen atoms in total. The van der Waals surface area contributed by atoms with Crippen LogP contribution in [0.15, 0.2) is 18.2 Å². The fourth-order valence-corrected chi connectivity index (χ4v) is 5.23. The summed E-state index contributed by atoms with van der Waals surface area (Å²) in [7, 11) is 0. The molecule has 0 unspecified atom stereocenters. The predicted octanol–water partition coefficient (Wildman–Crippen LogP) is 2.81. The molecule has 1 aromatic rings. The molecule has 0 N–H and O–H groups in total. The van der Waals surface area contributed by atoms with Crippen LogP contribution in [0.4, 0.5) is 5.69 Å². The highest BCUT2D eigenvalue weighted by molar-refractivity contribution is 6.00. The van der Waals surface area contributed by atoms with Crippen LogP contribution < -0.4 is 14.4 Å². The van der Waals surface area contributed by atoms with Gasteiger partial charge in [-0.05, 0) is 36.8 Å². The third-order valence-electron chi connectivity index (χ3n) is 6.74. The molecule has 5 rings (SSSR count). The third kappa shape index (κ3) is 3.05. The first-order valence-corrected chi connectivity index (χ1v) is 10.2. The lowest BCUT2D eigenvalue weighted by Gasteiger charge is -2.42. The van der Waals surface area contributed by atoms with Gasteiger partial charge in [-0.2, -0.15) is 0 Å². The second-order valence-electron chi connectivity index (χ2n) is 8.32. The van der Waals surface area contributed by atoms with E-state index in [2.05, 4.69) is 0 Å². The molecule has 4 aliphatic rings. The Bertz CT molecular complexity index is 765. The zero-order valence-corrected chi connectivity index (χ0v) is 15.6. The molecule has 0 aromatic heterocycles. The number of nitrogens with zero attached hydrogens (tertiary/aromatic N) is 2. The molecule has 6 heteroatoms. The number of fused-ring (bicyclic) bond motifs is 2. The summed E-state index contributed by atoms with van der Waals surface area (Å²) in [6.07, 6.45) is 6.65. The molecule has 3 fully saturated rings. The lowest BCUT2D eigenvalue weighted by atomic mass is 9.75. The number of hydrogen-bond donors (Lipinski definition) is 0. The highest BCUT2D eigenvalue weighted by Crippen LogP contribution is 2.39. The minimum Gasteiger partial charge on any atom is -0.454 e. The number of likely N-dealkylation sites (tertiary alicyclic amines) is 1. The fourth-order valence-electron chi connectivity index (χ4n) is 5.23. The molecule has 3 atom stereocenters. The number of carbonyl (C=O) groups excluding carboxylic acids is 2. The molecule has 1 aromatic carbocycles. The third-order valence-corrected chi connectivity index (χ3v) is 6.74. The SMILES string of the molecule is O=C([C@H]1CC(=O)N(c2ccc3c(c2)OCO3)C1)N1CC[C@@H]2CCCC[C@@H]2C1. The van der Waals surface area contributed by atoms with Gasteiger partial charge in [0.15, 0.2) is 11.5 Å². The minimum atomic E-state index is -0.233. The van der Waals surface area contributed by atoms with Gasteiger partial charge in [-0.1, -0.05) is 19.3 Å². The van der Waals surface area contributed by atoms with Gasteiger partial charge in [0, 0.05) is 37.8 Å². The Balaban J connectivity index is 1.27. The van der Waals surface area contributed by atoms with Crippen LogP contribution in [-0.4, -0.2) is 43.1 Å². The standard InChI is InChI=1S/C21H26N2O4/c24-20-9-16(12-23(20)17-5-6-18-19(10-17)27-13-26-18)21(25)22-8-7-14-3-1-2-4-15(14)11-22/h5-6,10,14-16H,1-4,7-9,11-13H2/t14-,15+,16-/m0/s1. The number of hydrogen-bond acceptors (Lipinski definition) is 4. The van der Waals surface area contributed by atoms with Crippen LogP contribution in [-0.2, 0) is 9.59 Å². The van der Waals surface area contributed by atoms with E-state index in [0.29, 0.717) is 30.4 Å². The second-order valence-corrected chi connectivity index (χ2v) is 8.32. The van der Waals surface area contributed by atoms with Gasteiger partial charge >= 0.3 is 0 Å². The van der Waals surface area contributed by atoms with Crippen LogP contribution in [0.1, 0.15) is 38.5 Å². The number of piperidine rings is 1. The molecule has 2 amide bonds. The highest BCUT2D eigenvalue weighted by atomic mass is 16.7. The fraction of sp³-hybridized carbons (Fsp3) is 0.619. The Morgan fingerprint density at radius 3 is 2.70 bits per heavy atom. The number of rotatable bonds is 2. The van der Waals surface area contributed by atoms with Crippen molar-refractivity contribution in [3.8, 4) is 11.5 Å². The first-order valence-electron chi connectivity index (χ1n) is 10.2. The van der Waals surface area contributed by atoms with E-state index in [1.54, 1.807) is 4.90 Å². The zero-order chi connectivity index (χ0) is 18.4. The smallest absolute Gasteiger partial charge is 0.231 e. The van der Waals surface area contributed by atoms with E-state index in [1.165, 1.54) is 25.7 Å². The molecule has 2 saturated heterocycles. The summed E-state index contributed by atoms with van der Waals surface area (Å²) in [4.78, 5) is 29.4. The van der Waals surface area contributed by atoms with Crippen LogP contribution in [0.2, 0.25) is 0 Å². The summed E-state index contributed by atoms with van der Waals surface area (Å²) >= 11 is 0. The van der Waals surface area contributed by atoms with Crippen LogP contribution in [0.5, 0.6) is 11.5 Å². The first kappa shape index (κ1) is 16.9. The van der Waals surface area contributed by atoms with Gasteiger partial charge in [0.2, 0.25) is 18.6 Å². The molecule has 1 aliphatic carbocycles. The number of benzene rings is 1. The maximum absolute atomic E-state index is 13.1. The predicted molar refractivity (Wildman–Crippen MR) is 99.7 cm³/mol. The molecule has 3 aliphatic heterocycles. The van der Waals surface area contributed by atoms with Gasteiger partial charge in [0.05, 0.1) is 5.92 Å². The molecule has 0 radical (unpaired) electrons. The maximum atomic E-state index is 13.1. The van der Waals surface area contributed by atoms with E-state index >= 15 is 0 Å². The molecule has 144 valence electrons. The zero-order valence-electron chi connectivity index (χ0n) is 15.6.